The van der Waals surface area contributed by atoms with Crippen LogP contribution in [0.2, 0.25) is 0 Å². The normalized spacial score (nSPS) is 17.6. The van der Waals surface area contributed by atoms with Crippen LogP contribution in [0, 0.1) is 0 Å². The van der Waals surface area contributed by atoms with E-state index in [0.29, 0.717) is 13.2 Å². The molecule has 1 heterocycles. The van der Waals surface area contributed by atoms with E-state index < -0.39 is 19.1 Å². The van der Waals surface area contributed by atoms with Crippen molar-refractivity contribution >= 4 is 29.8 Å². The second-order valence-corrected chi connectivity index (χ2v) is 8.74. The van der Waals surface area contributed by atoms with E-state index in [1.54, 1.807) is 0 Å². The second-order valence-electron chi connectivity index (χ2n) is 4.27. The van der Waals surface area contributed by atoms with Gasteiger partial charge in [-0.05, 0) is 18.2 Å². The Hall–Kier alpha value is -0.870. The van der Waals surface area contributed by atoms with Crippen molar-refractivity contribution in [2.75, 3.05) is 33.4 Å². The molecule has 0 saturated carbocycles. The predicted molar refractivity (Wildman–Crippen MR) is 75.6 cm³/mol. The number of benzene rings is 1. The Balaban J connectivity index is 2.49. The van der Waals surface area contributed by atoms with Crippen molar-refractivity contribution in [1.29, 1.82) is 0 Å². The lowest BCUT2D eigenvalue weighted by atomic mass is 10.3. The van der Waals surface area contributed by atoms with E-state index in [0.717, 1.165) is 6.07 Å². The topological polar surface area (TPSA) is 90.0 Å². The van der Waals surface area contributed by atoms with Crippen LogP contribution in [0.25, 0.3) is 0 Å². The third kappa shape index (κ3) is 3.49. The molecule has 1 saturated heterocycles. The molecule has 0 unspecified atom stereocenters. The van der Waals surface area contributed by atoms with Crippen LogP contribution in [0.5, 0.6) is 5.75 Å². The minimum absolute atomic E-state index is 0.00840. The van der Waals surface area contributed by atoms with Crippen LogP contribution in [-0.2, 0) is 23.8 Å². The van der Waals surface area contributed by atoms with Crippen LogP contribution < -0.4 is 4.74 Å². The first-order valence-corrected chi connectivity index (χ1v) is 9.72. The number of halogens is 1. The van der Waals surface area contributed by atoms with Gasteiger partial charge in [-0.15, -0.1) is 0 Å². The summed E-state index contributed by atoms with van der Waals surface area (Å²) in [6.45, 7) is 1.04. The minimum Gasteiger partial charge on any atom is -0.495 e. The highest BCUT2D eigenvalue weighted by Gasteiger charge is 2.28. The monoisotopic (exact) mass is 355 g/mol. The van der Waals surface area contributed by atoms with E-state index in [-0.39, 0.29) is 28.6 Å². The molecule has 21 heavy (non-hydrogen) atoms. The summed E-state index contributed by atoms with van der Waals surface area (Å²) in [6.07, 6.45) is 0. The molecular formula is C11H14ClNO6S2. The molecule has 0 aliphatic carbocycles. The summed E-state index contributed by atoms with van der Waals surface area (Å²) >= 11 is 0. The lowest BCUT2D eigenvalue weighted by Crippen LogP contribution is -2.40. The number of hydrogen-bond donors (Lipinski definition) is 0. The molecule has 0 atom stereocenters. The van der Waals surface area contributed by atoms with Crippen molar-refractivity contribution in [3.8, 4) is 5.75 Å². The second kappa shape index (κ2) is 6.09. The number of ether oxygens (including phenoxy) is 2. The average molecular weight is 356 g/mol. The first-order valence-electron chi connectivity index (χ1n) is 5.97. The summed E-state index contributed by atoms with van der Waals surface area (Å²) in [7, 11) is -1.33. The van der Waals surface area contributed by atoms with Gasteiger partial charge in [-0.2, -0.15) is 4.31 Å². The van der Waals surface area contributed by atoms with Crippen LogP contribution >= 0.6 is 10.7 Å². The standard InChI is InChI=1S/C11H14ClNO6S2/c1-18-10-3-2-9(8-11(10)20(12,14)15)21(16,17)13-4-6-19-7-5-13/h2-3,8H,4-7H2,1H3. The fourth-order valence-corrected chi connectivity index (χ4v) is 4.47. The van der Waals surface area contributed by atoms with Crippen LogP contribution in [-0.4, -0.2) is 54.6 Å². The molecule has 0 bridgehead atoms. The zero-order valence-corrected chi connectivity index (χ0v) is 13.5. The Kier molecular flexibility index (Phi) is 4.79. The van der Waals surface area contributed by atoms with Gasteiger partial charge in [-0.25, -0.2) is 16.8 Å². The van der Waals surface area contributed by atoms with Crippen molar-refractivity contribution in [3.63, 3.8) is 0 Å². The zero-order valence-electron chi connectivity index (χ0n) is 11.2. The lowest BCUT2D eigenvalue weighted by Gasteiger charge is -2.26. The molecule has 118 valence electrons. The molecule has 0 N–H and O–H groups in total. The molecule has 0 spiro atoms. The highest BCUT2D eigenvalue weighted by Crippen LogP contribution is 2.30. The minimum atomic E-state index is -4.12. The van der Waals surface area contributed by atoms with Crippen LogP contribution in [0.4, 0.5) is 0 Å². The predicted octanol–water partition coefficient (Wildman–Crippen LogP) is 0.644. The smallest absolute Gasteiger partial charge is 0.265 e. The summed E-state index contributed by atoms with van der Waals surface area (Å²) in [4.78, 5) is -0.523. The van der Waals surface area contributed by atoms with Crippen molar-refractivity contribution in [2.24, 2.45) is 0 Å². The van der Waals surface area contributed by atoms with Crippen LogP contribution in [0.1, 0.15) is 0 Å². The Morgan fingerprint density at radius 2 is 1.81 bits per heavy atom. The maximum Gasteiger partial charge on any atom is 0.265 e. The Morgan fingerprint density at radius 3 is 2.33 bits per heavy atom. The first kappa shape index (κ1) is 16.5. The number of nitrogens with zero attached hydrogens (tertiary/aromatic N) is 1. The van der Waals surface area contributed by atoms with Gasteiger partial charge in [0.15, 0.2) is 0 Å². The molecule has 1 aliphatic heterocycles. The third-order valence-electron chi connectivity index (χ3n) is 3.01. The Labute approximate surface area is 127 Å². The van der Waals surface area contributed by atoms with Crippen LogP contribution in [0.3, 0.4) is 0 Å². The summed E-state index contributed by atoms with van der Waals surface area (Å²) in [6, 6.07) is 3.56. The summed E-state index contributed by atoms with van der Waals surface area (Å²) < 4.78 is 59.2. The van der Waals surface area contributed by atoms with Crippen LogP contribution in [0.15, 0.2) is 28.0 Å². The van der Waals surface area contributed by atoms with Crippen molar-refractivity contribution < 1.29 is 26.3 Å². The van der Waals surface area contributed by atoms with Gasteiger partial charge in [0.2, 0.25) is 10.0 Å². The molecule has 0 aromatic heterocycles. The highest BCUT2D eigenvalue weighted by atomic mass is 35.7. The van der Waals surface area contributed by atoms with Gasteiger partial charge in [-0.3, -0.25) is 0 Å². The number of methoxy groups -OCH3 is 1. The van der Waals surface area contributed by atoms with E-state index in [1.165, 1.54) is 23.5 Å². The van der Waals surface area contributed by atoms with Gasteiger partial charge < -0.3 is 9.47 Å². The van der Waals surface area contributed by atoms with E-state index in [2.05, 4.69) is 0 Å². The zero-order chi connectivity index (χ0) is 15.7. The maximum absolute atomic E-state index is 12.5. The molecular weight excluding hydrogens is 342 g/mol. The molecule has 0 radical (unpaired) electrons. The van der Waals surface area contributed by atoms with Gasteiger partial charge in [0.25, 0.3) is 9.05 Å². The fraction of sp³-hybridized carbons (Fsp3) is 0.455. The van der Waals surface area contributed by atoms with Gasteiger partial charge in [0, 0.05) is 23.8 Å². The lowest BCUT2D eigenvalue weighted by molar-refractivity contribution is 0.0730. The summed E-state index contributed by atoms with van der Waals surface area (Å²) in [5.74, 6) is -0.00840. The van der Waals surface area contributed by atoms with E-state index in [1.807, 2.05) is 0 Å². The highest BCUT2D eigenvalue weighted by molar-refractivity contribution is 8.13. The molecule has 1 aromatic carbocycles. The first-order chi connectivity index (χ1) is 9.76. The van der Waals surface area contributed by atoms with E-state index >= 15 is 0 Å². The molecule has 0 amide bonds. The van der Waals surface area contributed by atoms with Crippen molar-refractivity contribution in [2.45, 2.75) is 9.79 Å². The maximum atomic E-state index is 12.5. The molecule has 2 rings (SSSR count). The SMILES string of the molecule is COc1ccc(S(=O)(=O)N2CCOCC2)cc1S(=O)(=O)Cl. The summed E-state index contributed by atoms with van der Waals surface area (Å²) in [5, 5.41) is 0. The number of hydrogen-bond acceptors (Lipinski definition) is 6. The van der Waals surface area contributed by atoms with Gasteiger partial charge in [0.1, 0.15) is 10.6 Å². The van der Waals surface area contributed by atoms with Gasteiger partial charge >= 0.3 is 0 Å². The Bertz CT molecular complexity index is 725. The quantitative estimate of drug-likeness (QED) is 0.736. The van der Waals surface area contributed by atoms with Crippen molar-refractivity contribution in [3.05, 3.63) is 18.2 Å². The fourth-order valence-electron chi connectivity index (χ4n) is 1.94. The number of sulfonamides is 1. The van der Waals surface area contributed by atoms with Gasteiger partial charge in [0.05, 0.1) is 25.2 Å². The molecule has 1 aromatic rings. The van der Waals surface area contributed by atoms with E-state index in [9.17, 15) is 16.8 Å². The molecule has 7 nitrogen and oxygen atoms in total. The van der Waals surface area contributed by atoms with E-state index in [4.69, 9.17) is 20.2 Å². The number of rotatable bonds is 4. The van der Waals surface area contributed by atoms with Gasteiger partial charge in [-0.1, -0.05) is 0 Å². The average Bonchev–Trinajstić information content (AvgIpc) is 2.46. The molecule has 10 heteroatoms. The number of morpholine rings is 1. The van der Waals surface area contributed by atoms with Crippen molar-refractivity contribution in [1.82, 2.24) is 4.31 Å². The third-order valence-corrected chi connectivity index (χ3v) is 6.24. The Morgan fingerprint density at radius 1 is 1.19 bits per heavy atom. The molecule has 1 fully saturated rings. The molecule has 1 aliphatic rings. The summed E-state index contributed by atoms with van der Waals surface area (Å²) in [5.41, 5.74) is 0. The largest absolute Gasteiger partial charge is 0.495 e.